The maximum absolute atomic E-state index is 13.7. The van der Waals surface area contributed by atoms with Crippen LogP contribution in [0.25, 0.3) is 22.1 Å². The highest BCUT2D eigenvalue weighted by Crippen LogP contribution is 2.24. The summed E-state index contributed by atoms with van der Waals surface area (Å²) in [5, 5.41) is 14.8. The molecule has 15 nitrogen and oxygen atoms in total. The Bertz CT molecular complexity index is 2170. The predicted molar refractivity (Wildman–Crippen MR) is 187 cm³/mol. The molecule has 5 N–H and O–H groups in total. The van der Waals surface area contributed by atoms with Gasteiger partial charge in [-0.3, -0.25) is 29.7 Å². The third-order valence-electron chi connectivity index (χ3n) is 8.65. The van der Waals surface area contributed by atoms with Crippen LogP contribution in [0.4, 0.5) is 11.9 Å². The number of nitrogens with two attached hydrogens (primary N) is 1. The molecule has 254 valence electrons. The van der Waals surface area contributed by atoms with Crippen molar-refractivity contribution in [2.24, 2.45) is 5.73 Å². The van der Waals surface area contributed by atoms with Crippen molar-refractivity contribution in [3.05, 3.63) is 82.4 Å². The molecular formula is C34H40N12O3. The van der Waals surface area contributed by atoms with Gasteiger partial charge in [-0.1, -0.05) is 12.1 Å². The lowest BCUT2D eigenvalue weighted by molar-refractivity contribution is -0.105. The van der Waals surface area contributed by atoms with Crippen molar-refractivity contribution in [1.29, 1.82) is 0 Å². The highest BCUT2D eigenvalue weighted by atomic mass is 16.2. The molecule has 0 bridgehead atoms. The van der Waals surface area contributed by atoms with Crippen molar-refractivity contribution in [2.45, 2.75) is 66.6 Å². The van der Waals surface area contributed by atoms with E-state index in [1.165, 1.54) is 10.4 Å². The molecule has 0 saturated heterocycles. The molecule has 2 aromatic carbocycles. The van der Waals surface area contributed by atoms with Crippen LogP contribution in [0.5, 0.6) is 0 Å². The molecule has 6 aromatic rings. The van der Waals surface area contributed by atoms with Gasteiger partial charge < -0.3 is 20.3 Å². The number of para-hydroxylation sites is 2. The summed E-state index contributed by atoms with van der Waals surface area (Å²) in [7, 11) is 0. The minimum Gasteiger partial charge on any atom is -0.366 e. The summed E-state index contributed by atoms with van der Waals surface area (Å²) in [6.07, 6.45) is 2.77. The number of aromatic nitrogens is 8. The number of hydrogen-bond donors (Lipinski definition) is 4. The van der Waals surface area contributed by atoms with Gasteiger partial charge in [-0.05, 0) is 88.9 Å². The topological polar surface area (TPSA) is 185 Å². The van der Waals surface area contributed by atoms with Crippen molar-refractivity contribution < 1.29 is 14.4 Å². The van der Waals surface area contributed by atoms with Crippen LogP contribution >= 0.6 is 0 Å². The van der Waals surface area contributed by atoms with E-state index in [0.29, 0.717) is 60.4 Å². The number of nitrogens with zero attached hydrogens (tertiary/aromatic N) is 8. The van der Waals surface area contributed by atoms with Crippen LogP contribution in [-0.4, -0.2) is 63.5 Å². The Morgan fingerprint density at radius 3 is 2.33 bits per heavy atom. The average molecular weight is 665 g/mol. The number of unbranched alkanes of at least 4 members (excludes halogenated alkanes) is 1. The Balaban J connectivity index is 1.15. The summed E-state index contributed by atoms with van der Waals surface area (Å²) in [4.78, 5) is 47.4. The predicted octanol–water partition coefficient (Wildman–Crippen LogP) is 3.91. The quantitative estimate of drug-likeness (QED) is 0.0940. The fourth-order valence-corrected chi connectivity index (χ4v) is 6.25. The van der Waals surface area contributed by atoms with E-state index in [-0.39, 0.29) is 5.91 Å². The largest absolute Gasteiger partial charge is 0.366 e. The summed E-state index contributed by atoms with van der Waals surface area (Å²) in [5.74, 6) is -0.0608. The van der Waals surface area contributed by atoms with Gasteiger partial charge in [0.1, 0.15) is 5.69 Å². The van der Waals surface area contributed by atoms with E-state index in [1.54, 1.807) is 24.3 Å². The number of fused-ring (bicyclic) bond motifs is 2. The Kier molecular flexibility index (Phi) is 9.42. The van der Waals surface area contributed by atoms with E-state index in [2.05, 4.69) is 45.1 Å². The SMILES string of the molecule is CCn1nc(C)c(CCNn2nc(C)cc2C(=O)Nc2nc3ccccc3n2CCCCn2c(NC=O)nc3cc(C(N)=O)ccc32)c1C. The molecule has 3 amide bonds. The normalized spacial score (nSPS) is 11.3. The molecule has 0 aliphatic carbocycles. The number of imidazole rings is 2. The lowest BCUT2D eigenvalue weighted by atomic mass is 10.1. The molecule has 0 aliphatic heterocycles. The zero-order chi connectivity index (χ0) is 34.7. The number of carbonyl (C=O) groups excluding carboxylic acids is 3. The standard InChI is InChI=1S/C34H40N12O3/c1-5-45-23(4)25(22(3)42-45)14-15-37-46-30(18-21(2)41-46)32(49)40-34-38-26-10-6-7-11-28(26)44(34)17-9-8-16-43-29-13-12-24(31(35)48)19-27(29)39-33(43)36-20-47/h6-7,10-13,18-20,37H,5,8-9,14-17H2,1-4H3,(H2,35,48)(H,36,39,47)(H,38,40,49). The van der Waals surface area contributed by atoms with Crippen molar-refractivity contribution in [3.63, 3.8) is 0 Å². The Labute approximate surface area is 282 Å². The number of benzene rings is 2. The summed E-state index contributed by atoms with van der Waals surface area (Å²) >= 11 is 0. The summed E-state index contributed by atoms with van der Waals surface area (Å²) in [5.41, 5.74) is 16.5. The average Bonchev–Trinajstić information content (AvgIpc) is 3.81. The van der Waals surface area contributed by atoms with Crippen LogP contribution in [0, 0.1) is 20.8 Å². The molecule has 0 fully saturated rings. The van der Waals surface area contributed by atoms with Crippen molar-refractivity contribution >= 4 is 52.2 Å². The zero-order valence-electron chi connectivity index (χ0n) is 28.0. The van der Waals surface area contributed by atoms with E-state index >= 15 is 0 Å². The smallest absolute Gasteiger partial charge is 0.278 e. The first kappa shape index (κ1) is 32.9. The molecule has 4 aromatic heterocycles. The Morgan fingerprint density at radius 1 is 0.898 bits per heavy atom. The molecular weight excluding hydrogens is 624 g/mol. The maximum atomic E-state index is 13.7. The molecule has 6 rings (SSSR count). The minimum absolute atomic E-state index is 0.333. The van der Waals surface area contributed by atoms with Crippen molar-refractivity contribution in [1.82, 2.24) is 38.8 Å². The highest BCUT2D eigenvalue weighted by molar-refractivity contribution is 6.03. The first-order valence-corrected chi connectivity index (χ1v) is 16.3. The van der Waals surface area contributed by atoms with Gasteiger partial charge in [0, 0.05) is 37.4 Å². The first-order chi connectivity index (χ1) is 23.7. The second-order valence-electron chi connectivity index (χ2n) is 11.9. The van der Waals surface area contributed by atoms with Gasteiger partial charge in [-0.25, -0.2) is 9.97 Å². The third kappa shape index (κ3) is 6.72. The van der Waals surface area contributed by atoms with Gasteiger partial charge in [-0.15, -0.1) is 0 Å². The van der Waals surface area contributed by atoms with Crippen LogP contribution in [0.1, 0.15) is 63.3 Å². The highest BCUT2D eigenvalue weighted by Gasteiger charge is 2.20. The molecule has 0 aliphatic rings. The third-order valence-corrected chi connectivity index (χ3v) is 8.65. The van der Waals surface area contributed by atoms with Crippen LogP contribution in [-0.2, 0) is 30.8 Å². The summed E-state index contributed by atoms with van der Waals surface area (Å²) in [6, 6.07) is 14.5. The van der Waals surface area contributed by atoms with E-state index in [0.717, 1.165) is 53.7 Å². The number of nitrogens with one attached hydrogen (secondary N) is 3. The first-order valence-electron chi connectivity index (χ1n) is 16.3. The van der Waals surface area contributed by atoms with E-state index in [1.807, 2.05) is 51.9 Å². The maximum Gasteiger partial charge on any atom is 0.278 e. The van der Waals surface area contributed by atoms with Crippen molar-refractivity contribution in [2.75, 3.05) is 22.6 Å². The van der Waals surface area contributed by atoms with Gasteiger partial charge >= 0.3 is 0 Å². The molecule has 4 heterocycles. The van der Waals surface area contributed by atoms with E-state index < -0.39 is 5.91 Å². The Hall–Kier alpha value is -5.99. The lowest BCUT2D eigenvalue weighted by Gasteiger charge is -2.13. The monoisotopic (exact) mass is 664 g/mol. The van der Waals surface area contributed by atoms with Gasteiger partial charge in [0.15, 0.2) is 0 Å². The molecule has 0 saturated carbocycles. The lowest BCUT2D eigenvalue weighted by Crippen LogP contribution is -2.27. The van der Waals surface area contributed by atoms with Crippen LogP contribution in [0.2, 0.25) is 0 Å². The van der Waals surface area contributed by atoms with Crippen LogP contribution < -0.4 is 21.8 Å². The number of aryl methyl sites for hydroxylation is 5. The number of anilines is 2. The fourth-order valence-electron chi connectivity index (χ4n) is 6.25. The summed E-state index contributed by atoms with van der Waals surface area (Å²) in [6.45, 7) is 10.5. The molecule has 15 heteroatoms. The molecule has 0 radical (unpaired) electrons. The van der Waals surface area contributed by atoms with Crippen molar-refractivity contribution in [3.8, 4) is 0 Å². The number of amides is 3. The van der Waals surface area contributed by atoms with Gasteiger partial charge in [0.2, 0.25) is 24.2 Å². The molecule has 0 spiro atoms. The van der Waals surface area contributed by atoms with E-state index in [4.69, 9.17) is 10.7 Å². The molecule has 0 unspecified atom stereocenters. The second kappa shape index (κ2) is 14.0. The fraction of sp³-hybridized carbons (Fsp3) is 0.324. The second-order valence-corrected chi connectivity index (χ2v) is 11.9. The zero-order valence-corrected chi connectivity index (χ0v) is 28.0. The number of rotatable bonds is 15. The molecule has 49 heavy (non-hydrogen) atoms. The van der Waals surface area contributed by atoms with E-state index in [9.17, 15) is 14.4 Å². The van der Waals surface area contributed by atoms with Gasteiger partial charge in [0.05, 0.1) is 33.5 Å². The molecule has 0 atom stereocenters. The number of primary amides is 1. The number of hydrogen-bond acceptors (Lipinski definition) is 8. The Morgan fingerprint density at radius 2 is 1.61 bits per heavy atom. The van der Waals surface area contributed by atoms with Crippen LogP contribution in [0.3, 0.4) is 0 Å². The number of carbonyl (C=O) groups is 3. The minimum atomic E-state index is -0.547. The van der Waals surface area contributed by atoms with Gasteiger partial charge in [-0.2, -0.15) is 15.0 Å². The summed E-state index contributed by atoms with van der Waals surface area (Å²) < 4.78 is 5.90. The van der Waals surface area contributed by atoms with Crippen LogP contribution in [0.15, 0.2) is 48.5 Å². The van der Waals surface area contributed by atoms with Gasteiger partial charge in [0.25, 0.3) is 5.91 Å².